The summed E-state index contributed by atoms with van der Waals surface area (Å²) in [6.45, 7) is 3.90. The molecule has 3 heterocycles. The van der Waals surface area contributed by atoms with Gasteiger partial charge in [-0.05, 0) is 61.4 Å². The summed E-state index contributed by atoms with van der Waals surface area (Å²) in [4.78, 5) is 14.4. The van der Waals surface area contributed by atoms with Crippen molar-refractivity contribution in [3.8, 4) is 5.75 Å². The van der Waals surface area contributed by atoms with Crippen molar-refractivity contribution in [2.75, 3.05) is 26.3 Å². The third-order valence-electron chi connectivity index (χ3n) is 6.49. The van der Waals surface area contributed by atoms with Crippen molar-refractivity contribution < 1.29 is 14.3 Å². The molecule has 29 heavy (non-hydrogen) atoms. The minimum Gasteiger partial charge on any atom is -0.494 e. The Kier molecular flexibility index (Phi) is 5.04. The number of hydrogen-bond donors (Lipinski definition) is 0. The van der Waals surface area contributed by atoms with Gasteiger partial charge in [0.05, 0.1) is 18.8 Å². The Bertz CT molecular complexity index is 852. The molecular weight excluding hydrogens is 366 g/mol. The molecule has 0 N–H and O–H groups in total. The molecule has 1 aliphatic carbocycles. The number of carbonyl (C=O) groups is 1. The maximum Gasteiger partial charge on any atom is 0.225 e. The minimum atomic E-state index is -0.230. The van der Waals surface area contributed by atoms with Gasteiger partial charge in [0.25, 0.3) is 0 Å². The number of piperidine rings is 1. The first kappa shape index (κ1) is 18.7. The molecule has 0 radical (unpaired) electrons. The zero-order chi connectivity index (χ0) is 19.7. The Hall–Kier alpha value is -2.34. The predicted octanol–water partition coefficient (Wildman–Crippen LogP) is 3.15. The van der Waals surface area contributed by atoms with Crippen molar-refractivity contribution in [2.24, 2.45) is 5.92 Å². The van der Waals surface area contributed by atoms with Crippen LogP contribution < -0.4 is 4.74 Å². The molecule has 1 amide bonds. The monoisotopic (exact) mass is 395 g/mol. The van der Waals surface area contributed by atoms with Crippen LogP contribution in [0.4, 0.5) is 0 Å². The second-order valence-electron chi connectivity index (χ2n) is 8.48. The first-order valence-electron chi connectivity index (χ1n) is 10.9. The molecule has 2 aliphatic heterocycles. The molecule has 1 aromatic carbocycles. The van der Waals surface area contributed by atoms with Crippen LogP contribution in [0.2, 0.25) is 0 Å². The second-order valence-corrected chi connectivity index (χ2v) is 8.48. The first-order chi connectivity index (χ1) is 14.2. The summed E-state index contributed by atoms with van der Waals surface area (Å²) < 4.78 is 14.2. The lowest BCUT2D eigenvalue weighted by Crippen LogP contribution is -2.48. The number of ether oxygens (including phenoxy) is 2. The Morgan fingerprint density at radius 1 is 1.28 bits per heavy atom. The maximum atomic E-state index is 12.4. The molecule has 6 heteroatoms. The fourth-order valence-corrected chi connectivity index (χ4v) is 4.69. The van der Waals surface area contributed by atoms with E-state index in [1.54, 1.807) is 6.20 Å². The number of aryl methyl sites for hydroxylation is 1. The number of fused-ring (bicyclic) bond motifs is 2. The Morgan fingerprint density at radius 2 is 2.14 bits per heavy atom. The van der Waals surface area contributed by atoms with Gasteiger partial charge >= 0.3 is 0 Å². The van der Waals surface area contributed by atoms with Crippen molar-refractivity contribution in [3.05, 3.63) is 47.8 Å². The summed E-state index contributed by atoms with van der Waals surface area (Å²) in [7, 11) is 0. The summed E-state index contributed by atoms with van der Waals surface area (Å²) in [5.41, 5.74) is 2.40. The van der Waals surface area contributed by atoms with Gasteiger partial charge in [0.1, 0.15) is 5.75 Å². The number of carbonyl (C=O) groups excluding carboxylic acids is 1. The van der Waals surface area contributed by atoms with Gasteiger partial charge in [-0.3, -0.25) is 9.48 Å². The van der Waals surface area contributed by atoms with E-state index in [0.717, 1.165) is 70.5 Å². The summed E-state index contributed by atoms with van der Waals surface area (Å²) in [5.74, 6) is 1.59. The van der Waals surface area contributed by atoms with Gasteiger partial charge in [-0.25, -0.2) is 0 Å². The number of benzene rings is 1. The molecule has 5 rings (SSSR count). The SMILES string of the molecule is O=C(C1CC1)N1CCC2(CC1)OCCc1cc(OCCCn3cccn3)ccc12. The van der Waals surface area contributed by atoms with E-state index in [1.807, 2.05) is 16.9 Å². The lowest BCUT2D eigenvalue weighted by Gasteiger charge is -2.45. The van der Waals surface area contributed by atoms with Gasteiger partial charge in [-0.15, -0.1) is 0 Å². The maximum absolute atomic E-state index is 12.4. The van der Waals surface area contributed by atoms with Crippen LogP contribution >= 0.6 is 0 Å². The van der Waals surface area contributed by atoms with E-state index in [1.165, 1.54) is 11.1 Å². The molecule has 1 saturated carbocycles. The zero-order valence-electron chi connectivity index (χ0n) is 16.9. The molecule has 1 aromatic heterocycles. The van der Waals surface area contributed by atoms with Crippen molar-refractivity contribution in [1.82, 2.24) is 14.7 Å². The highest BCUT2D eigenvalue weighted by Gasteiger charge is 2.43. The fourth-order valence-electron chi connectivity index (χ4n) is 4.69. The summed E-state index contributed by atoms with van der Waals surface area (Å²) >= 11 is 0. The van der Waals surface area contributed by atoms with E-state index >= 15 is 0 Å². The van der Waals surface area contributed by atoms with Crippen LogP contribution in [0.25, 0.3) is 0 Å². The van der Waals surface area contributed by atoms with E-state index in [9.17, 15) is 4.79 Å². The van der Waals surface area contributed by atoms with E-state index in [-0.39, 0.29) is 5.60 Å². The smallest absolute Gasteiger partial charge is 0.225 e. The third kappa shape index (κ3) is 3.90. The highest BCUT2D eigenvalue weighted by molar-refractivity contribution is 5.81. The lowest BCUT2D eigenvalue weighted by molar-refractivity contribution is -0.142. The number of hydrogen-bond acceptors (Lipinski definition) is 4. The van der Waals surface area contributed by atoms with E-state index < -0.39 is 0 Å². The van der Waals surface area contributed by atoms with Crippen LogP contribution in [0.15, 0.2) is 36.7 Å². The molecule has 3 aliphatic rings. The number of likely N-dealkylation sites (tertiary alicyclic amines) is 1. The van der Waals surface area contributed by atoms with Gasteiger partial charge in [0.15, 0.2) is 0 Å². The van der Waals surface area contributed by atoms with E-state index in [2.05, 4.69) is 28.2 Å². The molecule has 2 aromatic rings. The molecule has 6 nitrogen and oxygen atoms in total. The average Bonchev–Trinajstić information content (AvgIpc) is 3.47. The fraction of sp³-hybridized carbons (Fsp3) is 0.565. The Labute approximate surface area is 171 Å². The van der Waals surface area contributed by atoms with E-state index in [0.29, 0.717) is 18.4 Å². The average molecular weight is 396 g/mol. The van der Waals surface area contributed by atoms with Crippen LogP contribution in [0.1, 0.15) is 43.2 Å². The van der Waals surface area contributed by atoms with Gasteiger partial charge in [0, 0.05) is 44.4 Å². The van der Waals surface area contributed by atoms with Crippen LogP contribution in [-0.4, -0.2) is 46.9 Å². The summed E-state index contributed by atoms with van der Waals surface area (Å²) in [5, 5.41) is 4.22. The largest absolute Gasteiger partial charge is 0.494 e. The van der Waals surface area contributed by atoms with Gasteiger partial charge in [0.2, 0.25) is 5.91 Å². The number of rotatable bonds is 6. The highest BCUT2D eigenvalue weighted by atomic mass is 16.5. The Morgan fingerprint density at radius 3 is 2.90 bits per heavy atom. The topological polar surface area (TPSA) is 56.6 Å². The second kappa shape index (κ2) is 7.82. The molecule has 0 atom stereocenters. The highest BCUT2D eigenvalue weighted by Crippen LogP contribution is 2.43. The zero-order valence-corrected chi connectivity index (χ0v) is 16.9. The van der Waals surface area contributed by atoms with Crippen molar-refractivity contribution in [3.63, 3.8) is 0 Å². The lowest BCUT2D eigenvalue weighted by atomic mass is 9.79. The van der Waals surface area contributed by atoms with E-state index in [4.69, 9.17) is 9.47 Å². The number of amides is 1. The molecule has 154 valence electrons. The Balaban J connectivity index is 1.21. The quantitative estimate of drug-likeness (QED) is 0.705. The van der Waals surface area contributed by atoms with Crippen LogP contribution in [0.3, 0.4) is 0 Å². The standard InChI is InChI=1S/C23H29N3O3/c27-22(18-3-4-18)25-13-8-23(9-14-25)21-6-5-20(17-19(21)7-16-29-23)28-15-2-12-26-11-1-10-24-26/h1,5-6,10-11,17-18H,2-4,7-9,12-16H2. The molecular formula is C23H29N3O3. The van der Waals surface area contributed by atoms with Gasteiger partial charge in [-0.1, -0.05) is 6.07 Å². The van der Waals surface area contributed by atoms with Crippen LogP contribution in [0.5, 0.6) is 5.75 Å². The van der Waals surface area contributed by atoms with Crippen LogP contribution in [0, 0.1) is 5.92 Å². The van der Waals surface area contributed by atoms with Gasteiger partial charge in [-0.2, -0.15) is 5.10 Å². The molecule has 1 spiro atoms. The molecule has 0 unspecified atom stereocenters. The van der Waals surface area contributed by atoms with Crippen molar-refractivity contribution >= 4 is 5.91 Å². The van der Waals surface area contributed by atoms with Crippen LogP contribution in [-0.2, 0) is 28.1 Å². The number of nitrogens with zero attached hydrogens (tertiary/aromatic N) is 3. The third-order valence-corrected chi connectivity index (χ3v) is 6.49. The summed E-state index contributed by atoms with van der Waals surface area (Å²) in [6, 6.07) is 8.39. The first-order valence-corrected chi connectivity index (χ1v) is 10.9. The number of aromatic nitrogens is 2. The van der Waals surface area contributed by atoms with Crippen molar-refractivity contribution in [1.29, 1.82) is 0 Å². The molecule has 2 fully saturated rings. The minimum absolute atomic E-state index is 0.230. The van der Waals surface area contributed by atoms with Crippen molar-refractivity contribution in [2.45, 2.75) is 50.7 Å². The molecule has 0 bridgehead atoms. The normalized spacial score (nSPS) is 20.5. The predicted molar refractivity (Wildman–Crippen MR) is 109 cm³/mol. The van der Waals surface area contributed by atoms with Gasteiger partial charge < -0.3 is 14.4 Å². The molecule has 1 saturated heterocycles. The summed E-state index contributed by atoms with van der Waals surface area (Å²) in [6.07, 6.45) is 9.56.